The maximum Gasteiger partial charge on any atom is 0.265 e. The van der Waals surface area contributed by atoms with Crippen molar-refractivity contribution in [2.24, 2.45) is 0 Å². The molecule has 3 aromatic carbocycles. The van der Waals surface area contributed by atoms with Crippen LogP contribution in [-0.4, -0.2) is 65.1 Å². The Labute approximate surface area is 280 Å². The molecule has 0 spiro atoms. The van der Waals surface area contributed by atoms with E-state index in [-0.39, 0.29) is 45.6 Å². The Morgan fingerprint density at radius 3 is 2.09 bits per heavy atom. The summed E-state index contributed by atoms with van der Waals surface area (Å²) in [5.74, 6) is -0.193. The fourth-order valence-electron chi connectivity index (χ4n) is 5.55. The average Bonchev–Trinajstić information content (AvgIpc) is 3.56. The Hall–Kier alpha value is -3.67. The monoisotopic (exact) mass is 691 g/mol. The van der Waals surface area contributed by atoms with Gasteiger partial charge in [0.05, 0.1) is 31.9 Å². The van der Waals surface area contributed by atoms with E-state index in [0.717, 1.165) is 35.6 Å². The minimum atomic E-state index is -4.45. The lowest BCUT2D eigenvalue weighted by molar-refractivity contribution is -0.140. The second kappa shape index (κ2) is 15.8. The molecule has 0 aromatic heterocycles. The zero-order valence-electron chi connectivity index (χ0n) is 26.3. The minimum absolute atomic E-state index is 0.0340. The number of amides is 2. The zero-order valence-corrected chi connectivity index (χ0v) is 28.6. The largest absolute Gasteiger partial charge is 0.495 e. The van der Waals surface area contributed by atoms with Crippen LogP contribution in [0.2, 0.25) is 10.0 Å². The summed E-state index contributed by atoms with van der Waals surface area (Å²) >= 11 is 12.5. The van der Waals surface area contributed by atoms with Gasteiger partial charge in [0.1, 0.15) is 18.3 Å². The first-order valence-corrected chi connectivity index (χ1v) is 17.1. The van der Waals surface area contributed by atoms with E-state index >= 15 is 0 Å². The lowest BCUT2D eigenvalue weighted by atomic mass is 10.1. The number of carbonyl (C=O) groups is 2. The average molecular weight is 693 g/mol. The Bertz CT molecular complexity index is 1630. The van der Waals surface area contributed by atoms with Crippen LogP contribution in [0, 0.1) is 0 Å². The highest BCUT2D eigenvalue weighted by molar-refractivity contribution is 7.92. The Balaban J connectivity index is 1.80. The number of rotatable bonds is 14. The number of methoxy groups -OCH3 is 3. The maximum atomic E-state index is 14.4. The van der Waals surface area contributed by atoms with Crippen molar-refractivity contribution in [2.45, 2.75) is 62.6 Å². The Kier molecular flexibility index (Phi) is 12.0. The normalized spacial score (nSPS) is 14.0. The molecule has 0 bridgehead atoms. The summed E-state index contributed by atoms with van der Waals surface area (Å²) in [4.78, 5) is 29.3. The van der Waals surface area contributed by atoms with Gasteiger partial charge >= 0.3 is 0 Å². The third-order valence-corrected chi connectivity index (χ3v) is 10.2. The van der Waals surface area contributed by atoms with Crippen molar-refractivity contribution in [3.05, 3.63) is 76.3 Å². The van der Waals surface area contributed by atoms with Gasteiger partial charge in [-0.15, -0.1) is 0 Å². The number of hydrogen-bond donors (Lipinski definition) is 1. The summed E-state index contributed by atoms with van der Waals surface area (Å²) in [6, 6.07) is 14.7. The highest BCUT2D eigenvalue weighted by atomic mass is 35.5. The molecule has 13 heteroatoms. The Morgan fingerprint density at radius 2 is 1.48 bits per heavy atom. The molecule has 3 aromatic rings. The third kappa shape index (κ3) is 8.18. The molecule has 0 saturated heterocycles. The summed E-state index contributed by atoms with van der Waals surface area (Å²) < 4.78 is 45.9. The molecule has 1 saturated carbocycles. The number of ether oxygens (including phenoxy) is 3. The van der Waals surface area contributed by atoms with Crippen LogP contribution in [0.3, 0.4) is 0 Å². The first kappa shape index (κ1) is 35.2. The van der Waals surface area contributed by atoms with Crippen molar-refractivity contribution >= 4 is 50.7 Å². The first-order valence-electron chi connectivity index (χ1n) is 14.9. The molecule has 46 heavy (non-hydrogen) atoms. The molecule has 0 radical (unpaired) electrons. The lowest BCUT2D eigenvalue weighted by Gasteiger charge is -2.34. The van der Waals surface area contributed by atoms with Crippen LogP contribution in [0.25, 0.3) is 0 Å². The molecule has 0 aliphatic heterocycles. The van der Waals surface area contributed by atoms with E-state index in [4.69, 9.17) is 37.4 Å². The van der Waals surface area contributed by atoms with E-state index in [1.165, 1.54) is 56.6 Å². The highest BCUT2D eigenvalue weighted by Crippen LogP contribution is 2.37. The van der Waals surface area contributed by atoms with Gasteiger partial charge in [0.15, 0.2) is 11.5 Å². The van der Waals surface area contributed by atoms with Crippen LogP contribution >= 0.6 is 23.2 Å². The molecule has 1 fully saturated rings. The van der Waals surface area contributed by atoms with E-state index < -0.39 is 28.5 Å². The van der Waals surface area contributed by atoms with Gasteiger partial charge in [-0.3, -0.25) is 13.9 Å². The SMILES string of the molecule is CCC(C(=O)NC1CCCC1)N(Cc1ccc(Cl)cc1)C(=O)CN(c1cc(Cl)ccc1OC)S(=O)(=O)c1ccc(OC)c(OC)c1. The summed E-state index contributed by atoms with van der Waals surface area (Å²) in [6.07, 6.45) is 4.11. The van der Waals surface area contributed by atoms with Crippen molar-refractivity contribution in [1.82, 2.24) is 10.2 Å². The second-order valence-electron chi connectivity index (χ2n) is 10.9. The fraction of sp³-hybridized carbons (Fsp3) is 0.394. The highest BCUT2D eigenvalue weighted by Gasteiger charge is 2.36. The summed E-state index contributed by atoms with van der Waals surface area (Å²) in [7, 11) is -0.219. The van der Waals surface area contributed by atoms with Gasteiger partial charge in [-0.1, -0.05) is 55.1 Å². The number of hydrogen-bond acceptors (Lipinski definition) is 7. The second-order valence-corrected chi connectivity index (χ2v) is 13.6. The predicted molar refractivity (Wildman–Crippen MR) is 179 cm³/mol. The van der Waals surface area contributed by atoms with Gasteiger partial charge in [0.25, 0.3) is 10.0 Å². The van der Waals surface area contributed by atoms with Gasteiger partial charge in [-0.2, -0.15) is 0 Å². The van der Waals surface area contributed by atoms with Gasteiger partial charge in [0.2, 0.25) is 11.8 Å². The number of nitrogens with zero attached hydrogens (tertiary/aromatic N) is 2. The first-order chi connectivity index (χ1) is 22.0. The lowest BCUT2D eigenvalue weighted by Crippen LogP contribution is -2.53. The van der Waals surface area contributed by atoms with Crippen molar-refractivity contribution in [2.75, 3.05) is 32.2 Å². The number of halogens is 2. The van der Waals surface area contributed by atoms with Crippen LogP contribution in [0.1, 0.15) is 44.6 Å². The molecule has 1 N–H and O–H groups in total. The molecule has 248 valence electrons. The van der Waals surface area contributed by atoms with E-state index in [1.54, 1.807) is 30.3 Å². The molecule has 2 amide bonds. The number of anilines is 1. The van der Waals surface area contributed by atoms with E-state index in [9.17, 15) is 18.0 Å². The molecular weight excluding hydrogens is 653 g/mol. The van der Waals surface area contributed by atoms with Crippen molar-refractivity contribution in [3.8, 4) is 17.2 Å². The van der Waals surface area contributed by atoms with E-state index in [2.05, 4.69) is 5.32 Å². The molecule has 1 atom stereocenters. The van der Waals surface area contributed by atoms with Gasteiger partial charge in [-0.05, 0) is 67.3 Å². The predicted octanol–water partition coefficient (Wildman–Crippen LogP) is 6.08. The van der Waals surface area contributed by atoms with Crippen LogP contribution < -0.4 is 23.8 Å². The van der Waals surface area contributed by atoms with Gasteiger partial charge in [0, 0.05) is 28.7 Å². The quantitative estimate of drug-likeness (QED) is 0.218. The number of nitrogens with one attached hydrogen (secondary N) is 1. The number of carbonyl (C=O) groups excluding carboxylic acids is 2. The third-order valence-electron chi connectivity index (χ3n) is 7.99. The zero-order chi connectivity index (χ0) is 33.4. The van der Waals surface area contributed by atoms with Crippen molar-refractivity contribution < 1.29 is 32.2 Å². The molecule has 1 aliphatic rings. The molecule has 4 rings (SSSR count). The Morgan fingerprint density at radius 1 is 0.870 bits per heavy atom. The maximum absolute atomic E-state index is 14.4. The molecule has 10 nitrogen and oxygen atoms in total. The van der Waals surface area contributed by atoms with E-state index in [1.807, 2.05) is 6.92 Å². The smallest absolute Gasteiger partial charge is 0.265 e. The van der Waals surface area contributed by atoms with Gasteiger partial charge in [-0.25, -0.2) is 8.42 Å². The number of benzene rings is 3. The van der Waals surface area contributed by atoms with Crippen LogP contribution in [0.15, 0.2) is 65.6 Å². The standard InChI is InChI=1S/C33H39Cl2N3O7S/c1-5-27(33(40)36-25-8-6-7-9-25)37(20-22-10-12-23(34)13-11-22)32(39)21-38(28-18-24(35)14-16-29(28)43-2)46(41,42)26-15-17-30(44-3)31(19-26)45-4/h10-19,25,27H,5-9,20-21H2,1-4H3,(H,36,40). The summed E-state index contributed by atoms with van der Waals surface area (Å²) in [5.41, 5.74) is 0.771. The topological polar surface area (TPSA) is 114 Å². The van der Waals surface area contributed by atoms with Crippen LogP contribution in [0.4, 0.5) is 5.69 Å². The van der Waals surface area contributed by atoms with Crippen molar-refractivity contribution in [3.63, 3.8) is 0 Å². The molecule has 0 heterocycles. The molecular formula is C33H39Cl2N3O7S. The number of sulfonamides is 1. The van der Waals surface area contributed by atoms with Crippen molar-refractivity contribution in [1.29, 1.82) is 0 Å². The van der Waals surface area contributed by atoms with E-state index in [0.29, 0.717) is 17.2 Å². The summed E-state index contributed by atoms with van der Waals surface area (Å²) in [5, 5.41) is 3.86. The fourth-order valence-corrected chi connectivity index (χ4v) is 7.27. The van der Waals surface area contributed by atoms with Crippen LogP contribution in [0.5, 0.6) is 17.2 Å². The van der Waals surface area contributed by atoms with Gasteiger partial charge < -0.3 is 24.4 Å². The molecule has 1 aliphatic carbocycles. The van der Waals surface area contributed by atoms with Crippen LogP contribution in [-0.2, 0) is 26.2 Å². The minimum Gasteiger partial charge on any atom is -0.495 e. The summed E-state index contributed by atoms with van der Waals surface area (Å²) in [6.45, 7) is 1.21. The molecule has 1 unspecified atom stereocenters.